The van der Waals surface area contributed by atoms with Gasteiger partial charge >= 0.3 is 6.09 Å². The topological polar surface area (TPSA) is 46.6 Å². The molecule has 1 amide bonds. The van der Waals surface area contributed by atoms with Crippen LogP contribution in [0.3, 0.4) is 0 Å². The largest absolute Gasteiger partial charge is 0.447 e. The number of hydrogen-bond acceptors (Lipinski definition) is 3. The zero-order chi connectivity index (χ0) is 20.1. The van der Waals surface area contributed by atoms with Crippen LogP contribution in [0.25, 0.3) is 0 Å². The van der Waals surface area contributed by atoms with E-state index in [-0.39, 0.29) is 24.2 Å². The van der Waals surface area contributed by atoms with Gasteiger partial charge in [0, 0.05) is 18.5 Å². The summed E-state index contributed by atoms with van der Waals surface area (Å²) in [6, 6.07) is 0.280. The Balaban J connectivity index is 2.05. The molecule has 0 radical (unpaired) electrons. The number of ether oxygens (including phenoxy) is 1. The smallest absolute Gasteiger partial charge is 0.410 e. The summed E-state index contributed by atoms with van der Waals surface area (Å²) in [5.74, 6) is 3.01. The molecule has 0 saturated heterocycles. The van der Waals surface area contributed by atoms with E-state index in [0.717, 1.165) is 31.7 Å². The van der Waals surface area contributed by atoms with Crippen LogP contribution in [0.5, 0.6) is 0 Å². The highest BCUT2D eigenvalue weighted by molar-refractivity contribution is 5.78. The number of carbonyl (C=O) groups excluding carboxylic acids is 2. The molecule has 4 nitrogen and oxygen atoms in total. The van der Waals surface area contributed by atoms with Crippen LogP contribution < -0.4 is 0 Å². The van der Waals surface area contributed by atoms with Gasteiger partial charge in [0.1, 0.15) is 5.78 Å². The minimum absolute atomic E-state index is 0.0799. The predicted molar refractivity (Wildman–Crippen MR) is 110 cm³/mol. The number of nitrogens with zero attached hydrogens (tertiary/aromatic N) is 1. The van der Waals surface area contributed by atoms with Gasteiger partial charge in [-0.3, -0.25) is 4.79 Å². The van der Waals surface area contributed by atoms with Gasteiger partial charge in [-0.2, -0.15) is 0 Å². The molecule has 2 rings (SSSR count). The maximum atomic E-state index is 12.8. The van der Waals surface area contributed by atoms with E-state index in [4.69, 9.17) is 4.74 Å². The quantitative estimate of drug-likeness (QED) is 0.595. The molecule has 27 heavy (non-hydrogen) atoms. The van der Waals surface area contributed by atoms with E-state index in [1.54, 1.807) is 6.92 Å². The van der Waals surface area contributed by atoms with Crippen LogP contribution in [0.1, 0.15) is 86.5 Å². The maximum absolute atomic E-state index is 12.8. The SMILES string of the molecule is CC(=O)C1CCC(C2CCC(C)C(N(CC(C)C)C(=O)OC(C)C)C2)CC1. The Morgan fingerprint density at radius 3 is 2.07 bits per heavy atom. The summed E-state index contributed by atoms with van der Waals surface area (Å²) in [7, 11) is 0. The third kappa shape index (κ3) is 6.22. The second-order valence-corrected chi connectivity index (χ2v) is 9.82. The highest BCUT2D eigenvalue weighted by Crippen LogP contribution is 2.43. The van der Waals surface area contributed by atoms with Crippen LogP contribution in [0.2, 0.25) is 0 Å². The Hall–Kier alpha value is -1.06. The standard InChI is InChI=1S/C23H41NO3/c1-15(2)14-24(23(26)27-16(3)4)22-13-21(8-7-17(22)5)20-11-9-19(10-12-20)18(6)25/h15-17,19-22H,7-14H2,1-6H3. The van der Waals surface area contributed by atoms with Crippen molar-refractivity contribution in [1.82, 2.24) is 4.90 Å². The number of amides is 1. The first-order valence-corrected chi connectivity index (χ1v) is 11.2. The highest BCUT2D eigenvalue weighted by atomic mass is 16.6. The lowest BCUT2D eigenvalue weighted by Gasteiger charge is -2.45. The van der Waals surface area contributed by atoms with Crippen LogP contribution in [-0.4, -0.2) is 35.5 Å². The highest BCUT2D eigenvalue weighted by Gasteiger charge is 2.39. The van der Waals surface area contributed by atoms with Crippen molar-refractivity contribution >= 4 is 11.9 Å². The van der Waals surface area contributed by atoms with Crippen molar-refractivity contribution in [3.05, 3.63) is 0 Å². The molecule has 0 bridgehead atoms. The van der Waals surface area contributed by atoms with Crippen LogP contribution in [0.15, 0.2) is 0 Å². The number of ketones is 1. The zero-order valence-corrected chi connectivity index (χ0v) is 18.4. The van der Waals surface area contributed by atoms with Gasteiger partial charge in [-0.25, -0.2) is 4.79 Å². The van der Waals surface area contributed by atoms with Crippen molar-refractivity contribution in [3.63, 3.8) is 0 Å². The molecule has 156 valence electrons. The second kappa shape index (κ2) is 9.93. The van der Waals surface area contributed by atoms with E-state index in [1.165, 1.54) is 25.7 Å². The Morgan fingerprint density at radius 1 is 0.963 bits per heavy atom. The minimum Gasteiger partial charge on any atom is -0.447 e. The summed E-state index contributed by atoms with van der Waals surface area (Å²) in [6.45, 7) is 13.0. The molecule has 4 heteroatoms. The molecule has 0 heterocycles. The molecule has 0 N–H and O–H groups in total. The summed E-state index contributed by atoms with van der Waals surface area (Å²) in [5, 5.41) is 0. The molecule has 0 aromatic carbocycles. The monoisotopic (exact) mass is 379 g/mol. The fourth-order valence-corrected chi connectivity index (χ4v) is 5.20. The van der Waals surface area contributed by atoms with E-state index in [9.17, 15) is 9.59 Å². The number of carbonyl (C=O) groups is 2. The van der Waals surface area contributed by atoms with Gasteiger partial charge in [0.25, 0.3) is 0 Å². The van der Waals surface area contributed by atoms with Gasteiger partial charge in [0.15, 0.2) is 0 Å². The van der Waals surface area contributed by atoms with Crippen molar-refractivity contribution in [2.75, 3.05) is 6.54 Å². The molecule has 2 aliphatic carbocycles. The molecule has 0 aromatic heterocycles. The summed E-state index contributed by atoms with van der Waals surface area (Å²) in [5.41, 5.74) is 0. The molecule has 2 aliphatic rings. The third-order valence-electron chi connectivity index (χ3n) is 6.74. The van der Waals surface area contributed by atoms with Crippen molar-refractivity contribution < 1.29 is 14.3 Å². The molecular formula is C23H41NO3. The molecule has 2 saturated carbocycles. The Morgan fingerprint density at radius 2 is 1.56 bits per heavy atom. The van der Waals surface area contributed by atoms with Crippen LogP contribution >= 0.6 is 0 Å². The lowest BCUT2D eigenvalue weighted by atomic mass is 9.67. The average Bonchev–Trinajstić information content (AvgIpc) is 2.59. The lowest BCUT2D eigenvalue weighted by molar-refractivity contribution is -0.122. The summed E-state index contributed by atoms with van der Waals surface area (Å²) in [4.78, 5) is 26.5. The fourth-order valence-electron chi connectivity index (χ4n) is 5.20. The number of hydrogen-bond donors (Lipinski definition) is 0. The zero-order valence-electron chi connectivity index (χ0n) is 18.4. The second-order valence-electron chi connectivity index (χ2n) is 9.82. The summed E-state index contributed by atoms with van der Waals surface area (Å²) < 4.78 is 5.59. The van der Waals surface area contributed by atoms with Gasteiger partial charge < -0.3 is 9.64 Å². The van der Waals surface area contributed by atoms with Gasteiger partial charge in [-0.1, -0.05) is 20.8 Å². The van der Waals surface area contributed by atoms with Gasteiger partial charge in [0.2, 0.25) is 0 Å². The maximum Gasteiger partial charge on any atom is 0.410 e. The fraction of sp³-hybridized carbons (Fsp3) is 0.913. The van der Waals surface area contributed by atoms with Crippen LogP contribution in [0, 0.1) is 29.6 Å². The van der Waals surface area contributed by atoms with Crippen molar-refractivity contribution in [2.45, 2.75) is 98.6 Å². The molecule has 0 spiro atoms. The van der Waals surface area contributed by atoms with Gasteiger partial charge in [-0.05, 0) is 89.4 Å². The Kier molecular flexibility index (Phi) is 8.18. The normalized spacial score (nSPS) is 31.8. The third-order valence-corrected chi connectivity index (χ3v) is 6.74. The Bertz CT molecular complexity index is 494. The van der Waals surface area contributed by atoms with Crippen molar-refractivity contribution in [2.24, 2.45) is 29.6 Å². The summed E-state index contributed by atoms with van der Waals surface area (Å²) >= 11 is 0. The van der Waals surface area contributed by atoms with Crippen LogP contribution in [-0.2, 0) is 9.53 Å². The number of Topliss-reactive ketones (excluding diaryl/α,β-unsaturated/α-hetero) is 1. The first-order chi connectivity index (χ1) is 12.7. The predicted octanol–water partition coefficient (Wildman–Crippen LogP) is 5.69. The summed E-state index contributed by atoms with van der Waals surface area (Å²) in [6.07, 6.45) is 7.79. The first-order valence-electron chi connectivity index (χ1n) is 11.2. The number of rotatable bonds is 6. The lowest BCUT2D eigenvalue weighted by Crippen LogP contribution is -2.49. The average molecular weight is 380 g/mol. The van der Waals surface area contributed by atoms with E-state index >= 15 is 0 Å². The Labute approximate surface area is 166 Å². The van der Waals surface area contributed by atoms with E-state index in [1.807, 2.05) is 18.7 Å². The van der Waals surface area contributed by atoms with E-state index < -0.39 is 0 Å². The van der Waals surface area contributed by atoms with Gasteiger partial charge in [0.05, 0.1) is 6.10 Å². The first kappa shape index (κ1) is 22.2. The van der Waals surface area contributed by atoms with Gasteiger partial charge in [-0.15, -0.1) is 0 Å². The van der Waals surface area contributed by atoms with Crippen molar-refractivity contribution in [1.29, 1.82) is 0 Å². The minimum atomic E-state index is -0.142. The molecule has 2 fully saturated rings. The molecule has 3 atom stereocenters. The molecule has 0 aromatic rings. The van der Waals surface area contributed by atoms with Crippen molar-refractivity contribution in [3.8, 4) is 0 Å². The molecule has 3 unspecified atom stereocenters. The molecular weight excluding hydrogens is 338 g/mol. The van der Waals surface area contributed by atoms with Crippen LogP contribution in [0.4, 0.5) is 4.79 Å². The van der Waals surface area contributed by atoms with E-state index in [2.05, 4.69) is 20.8 Å². The van der Waals surface area contributed by atoms with E-state index in [0.29, 0.717) is 23.5 Å². The molecule has 0 aliphatic heterocycles.